The zero-order valence-corrected chi connectivity index (χ0v) is 24.8. The number of carbonyl (C=O) groups is 1. The largest absolute Gasteiger partial charge is 0.709 e. The molecule has 0 aromatic carbocycles. The predicted molar refractivity (Wildman–Crippen MR) is 150 cm³/mol. The van der Waals surface area contributed by atoms with Gasteiger partial charge in [0.05, 0.1) is 11.4 Å². The van der Waals surface area contributed by atoms with Crippen LogP contribution >= 0.6 is 11.6 Å². The molecule has 40 heavy (non-hydrogen) atoms. The Bertz CT molecular complexity index is 1490. The fourth-order valence-electron chi connectivity index (χ4n) is 4.88. The van der Waals surface area contributed by atoms with Crippen LogP contribution in [0.25, 0.3) is 16.7 Å². The molecule has 1 fully saturated rings. The average molecular weight is 576 g/mol. The lowest BCUT2D eigenvalue weighted by molar-refractivity contribution is -0.579. The van der Waals surface area contributed by atoms with Crippen LogP contribution < -0.4 is 15.3 Å². The van der Waals surface area contributed by atoms with Gasteiger partial charge in [-0.2, -0.15) is 4.98 Å². The van der Waals surface area contributed by atoms with Gasteiger partial charge in [0.2, 0.25) is 5.15 Å². The number of ether oxygens (including phenoxy) is 1. The van der Waals surface area contributed by atoms with Crippen molar-refractivity contribution in [3.05, 3.63) is 50.4 Å². The molecule has 0 unspecified atom stereocenters. The van der Waals surface area contributed by atoms with Crippen LogP contribution in [-0.2, 0) is 4.74 Å². The van der Waals surface area contributed by atoms with Crippen molar-refractivity contribution in [1.82, 2.24) is 24.4 Å². The zero-order chi connectivity index (χ0) is 29.7. The molecule has 1 saturated heterocycles. The van der Waals surface area contributed by atoms with Crippen molar-refractivity contribution >= 4 is 34.5 Å². The highest BCUT2D eigenvalue weighted by Crippen LogP contribution is 2.32. The predicted octanol–water partition coefficient (Wildman–Crippen LogP) is 4.29. The lowest BCUT2D eigenvalue weighted by atomic mass is 10.0. The van der Waals surface area contributed by atoms with Gasteiger partial charge in [-0.25, -0.2) is 28.7 Å². The molecule has 1 amide bonds. The lowest BCUT2D eigenvalue weighted by Crippen LogP contribution is -2.55. The van der Waals surface area contributed by atoms with Gasteiger partial charge >= 0.3 is 17.4 Å². The van der Waals surface area contributed by atoms with Gasteiger partial charge in [-0.15, -0.1) is 4.57 Å². The minimum Gasteiger partial charge on any atom is -0.709 e. The summed E-state index contributed by atoms with van der Waals surface area (Å²) in [6.07, 6.45) is 0.974. The van der Waals surface area contributed by atoms with E-state index < -0.39 is 28.4 Å². The number of amides is 1. The molecule has 11 nitrogen and oxygen atoms in total. The summed E-state index contributed by atoms with van der Waals surface area (Å²) < 4.78 is 21.8. The molecule has 216 valence electrons. The first-order valence-electron chi connectivity index (χ1n) is 13.3. The third-order valence-corrected chi connectivity index (χ3v) is 7.01. The molecule has 0 bridgehead atoms. The monoisotopic (exact) mass is 575 g/mol. The van der Waals surface area contributed by atoms with E-state index in [-0.39, 0.29) is 59.1 Å². The summed E-state index contributed by atoms with van der Waals surface area (Å²) in [5.74, 6) is -1.08. The van der Waals surface area contributed by atoms with E-state index in [1.807, 2.05) is 34.6 Å². The number of hydrogen-bond acceptors (Lipinski definition) is 8. The summed E-state index contributed by atoms with van der Waals surface area (Å²) in [4.78, 5) is 43.1. The summed E-state index contributed by atoms with van der Waals surface area (Å²) in [7, 11) is 0. The van der Waals surface area contributed by atoms with E-state index in [1.165, 1.54) is 6.33 Å². The Balaban J connectivity index is 1.94. The fraction of sp³-hybridized carbons (Fsp3) is 0.556. The normalized spacial score (nSPS) is 16.4. The molecule has 1 aliphatic heterocycles. The number of fused-ring (bicyclic) bond motifs is 1. The first-order valence-corrected chi connectivity index (χ1v) is 13.6. The summed E-state index contributed by atoms with van der Waals surface area (Å²) in [5.41, 5.74) is -0.176. The molecule has 4 heterocycles. The van der Waals surface area contributed by atoms with Crippen LogP contribution in [0.1, 0.15) is 78.6 Å². The molecule has 0 radical (unpaired) electrons. The van der Waals surface area contributed by atoms with E-state index in [4.69, 9.17) is 16.3 Å². The molecule has 0 aliphatic carbocycles. The number of nitrogens with zero attached hydrogens (tertiary/aromatic N) is 7. The van der Waals surface area contributed by atoms with Crippen LogP contribution in [0.2, 0.25) is 5.15 Å². The fourth-order valence-corrected chi connectivity index (χ4v) is 5.02. The molecule has 3 aromatic heterocycles. The second-order valence-corrected chi connectivity index (χ2v) is 12.0. The Morgan fingerprint density at radius 2 is 1.77 bits per heavy atom. The Morgan fingerprint density at radius 3 is 2.30 bits per heavy atom. The number of piperazine rings is 1. The Morgan fingerprint density at radius 1 is 1.18 bits per heavy atom. The van der Waals surface area contributed by atoms with Crippen molar-refractivity contribution in [3.8, 4) is 5.69 Å². The number of rotatable bonds is 4. The van der Waals surface area contributed by atoms with Gasteiger partial charge in [0.1, 0.15) is 17.3 Å². The minimum absolute atomic E-state index is 0.0994. The Hall–Kier alpha value is -3.54. The van der Waals surface area contributed by atoms with Gasteiger partial charge in [0.25, 0.3) is 0 Å². The van der Waals surface area contributed by atoms with Gasteiger partial charge in [0.15, 0.2) is 17.3 Å². The second-order valence-electron chi connectivity index (χ2n) is 11.6. The number of anilines is 1. The number of pyridine rings is 1. The van der Waals surface area contributed by atoms with Crippen LogP contribution in [0.5, 0.6) is 0 Å². The van der Waals surface area contributed by atoms with Gasteiger partial charge in [-0.05, 0) is 57.2 Å². The second kappa shape index (κ2) is 10.8. The van der Waals surface area contributed by atoms with Crippen LogP contribution in [-0.4, -0.2) is 61.8 Å². The van der Waals surface area contributed by atoms with E-state index in [2.05, 4.69) is 15.0 Å². The van der Waals surface area contributed by atoms with Gasteiger partial charge in [0, 0.05) is 25.7 Å². The highest BCUT2D eigenvalue weighted by Gasteiger charge is 2.35. The summed E-state index contributed by atoms with van der Waals surface area (Å²) in [5, 5.41) is 12.9. The highest BCUT2D eigenvalue weighted by molar-refractivity contribution is 6.28. The first-order chi connectivity index (χ1) is 18.6. The molecule has 3 aromatic rings. The van der Waals surface area contributed by atoms with Crippen molar-refractivity contribution in [2.75, 3.05) is 24.5 Å². The van der Waals surface area contributed by atoms with E-state index in [1.54, 1.807) is 30.6 Å². The van der Waals surface area contributed by atoms with Crippen LogP contribution in [0, 0.1) is 11.0 Å². The van der Waals surface area contributed by atoms with Crippen LogP contribution in [0.3, 0.4) is 0 Å². The molecular formula is C27H35ClFN7O4. The third kappa shape index (κ3) is 5.41. The number of hydrogen-bond donors (Lipinski definition) is 0. The molecule has 1 aliphatic rings. The molecule has 0 N–H and O–H groups in total. The SMILES string of the molecule is CC(C)c1ncnc(C(C)C)c1-n1c(=O)nc(N2CCN(C(=O)OC(C)(C)C)C[C@@H]2C)c2cc(F)c(Cl)[n+]([O-])c21. The number of aromatic nitrogens is 5. The Labute approximate surface area is 237 Å². The Kier molecular flexibility index (Phi) is 7.94. The number of halogens is 2. The standard InChI is InChI=1S/C27H35ClFN7O4/c1-14(2)19-21(20(15(3)4)31-13-30-19)35-24-17(11-18(29)22(28)36(24)39)23(32-25(35)37)34-10-9-33(12-16(34)5)26(38)40-27(6,7)8/h11,13-16H,9-10,12H2,1-8H3/t16-/m0/s1. The zero-order valence-electron chi connectivity index (χ0n) is 24.0. The van der Waals surface area contributed by atoms with Crippen molar-refractivity contribution in [2.45, 2.75) is 78.9 Å². The maximum Gasteiger partial charge on any atom is 0.442 e. The molecule has 0 spiro atoms. The highest BCUT2D eigenvalue weighted by atomic mass is 35.5. The van der Waals surface area contributed by atoms with Crippen LogP contribution in [0.15, 0.2) is 17.2 Å². The van der Waals surface area contributed by atoms with E-state index in [9.17, 15) is 19.2 Å². The van der Waals surface area contributed by atoms with E-state index in [0.29, 0.717) is 17.1 Å². The van der Waals surface area contributed by atoms with Crippen molar-refractivity contribution in [3.63, 3.8) is 0 Å². The summed E-state index contributed by atoms with van der Waals surface area (Å²) in [6.45, 7) is 15.7. The smallest absolute Gasteiger partial charge is 0.442 e. The lowest BCUT2D eigenvalue weighted by Gasteiger charge is -2.40. The first kappa shape index (κ1) is 29.4. The minimum atomic E-state index is -0.949. The number of carbonyl (C=O) groups excluding carboxylic acids is 1. The topological polar surface area (TPSA) is 120 Å². The molecular weight excluding hydrogens is 541 g/mol. The van der Waals surface area contributed by atoms with Crippen molar-refractivity contribution in [2.24, 2.45) is 0 Å². The van der Waals surface area contributed by atoms with E-state index in [0.717, 1.165) is 10.6 Å². The van der Waals surface area contributed by atoms with Crippen LogP contribution in [0.4, 0.5) is 15.0 Å². The third-order valence-electron chi connectivity index (χ3n) is 6.67. The van der Waals surface area contributed by atoms with Gasteiger partial charge in [-0.1, -0.05) is 27.7 Å². The molecule has 4 rings (SSSR count). The summed E-state index contributed by atoms with van der Waals surface area (Å²) in [6, 6.07) is 0.786. The molecule has 1 atom stereocenters. The van der Waals surface area contributed by atoms with Gasteiger partial charge in [-0.3, -0.25) is 0 Å². The average Bonchev–Trinajstić information content (AvgIpc) is 2.86. The quantitative estimate of drug-likeness (QED) is 0.257. The maximum absolute atomic E-state index is 14.9. The van der Waals surface area contributed by atoms with E-state index >= 15 is 0 Å². The van der Waals surface area contributed by atoms with Gasteiger partial charge < -0.3 is 19.7 Å². The summed E-state index contributed by atoms with van der Waals surface area (Å²) >= 11 is 6.08. The van der Waals surface area contributed by atoms with Crippen molar-refractivity contribution < 1.29 is 18.7 Å². The van der Waals surface area contributed by atoms with Crippen molar-refractivity contribution in [1.29, 1.82) is 0 Å². The molecule has 0 saturated carbocycles. The maximum atomic E-state index is 14.9. The molecule has 13 heteroatoms.